The third kappa shape index (κ3) is 2.85. The summed E-state index contributed by atoms with van der Waals surface area (Å²) in [5.41, 5.74) is 4.73. The van der Waals surface area contributed by atoms with Crippen LogP contribution >= 0.6 is 0 Å². The van der Waals surface area contributed by atoms with Gasteiger partial charge in [-0.25, -0.2) is 0 Å². The quantitative estimate of drug-likeness (QED) is 0.707. The lowest BCUT2D eigenvalue weighted by atomic mass is 9.63. The fourth-order valence-electron chi connectivity index (χ4n) is 5.41. The zero-order valence-electron chi connectivity index (χ0n) is 14.4. The second-order valence-corrected chi connectivity index (χ2v) is 8.03. The van der Waals surface area contributed by atoms with E-state index in [-0.39, 0.29) is 6.10 Å². The normalized spacial score (nSPS) is 42.9. The van der Waals surface area contributed by atoms with Crippen LogP contribution in [0.15, 0.2) is 35.5 Å². The fourth-order valence-corrected chi connectivity index (χ4v) is 5.41. The fraction of sp³-hybridized carbons (Fsp3) is 0.714. The zero-order valence-corrected chi connectivity index (χ0v) is 14.4. The molecule has 0 bridgehead atoms. The minimum Gasteiger partial charge on any atom is -0.393 e. The molecule has 22 heavy (non-hydrogen) atoms. The number of hydrogen-bond donors (Lipinski definition) is 1. The van der Waals surface area contributed by atoms with E-state index in [1.54, 1.807) is 5.57 Å². The Kier molecular flexibility index (Phi) is 4.64. The summed E-state index contributed by atoms with van der Waals surface area (Å²) in [4.78, 5) is 0. The summed E-state index contributed by atoms with van der Waals surface area (Å²) < 4.78 is 0. The van der Waals surface area contributed by atoms with Crippen LogP contribution in [0.25, 0.3) is 0 Å². The Morgan fingerprint density at radius 3 is 2.82 bits per heavy atom. The molecule has 1 nitrogen and oxygen atoms in total. The van der Waals surface area contributed by atoms with Crippen LogP contribution in [-0.4, -0.2) is 11.2 Å². The average molecular weight is 300 g/mol. The molecule has 3 saturated carbocycles. The topological polar surface area (TPSA) is 20.2 Å². The first-order valence-corrected chi connectivity index (χ1v) is 9.30. The van der Waals surface area contributed by atoms with E-state index in [0.29, 0.717) is 5.41 Å². The Balaban J connectivity index is 1.81. The standard InChI is InChI=1S/C21H32O/c1-4-18-10-12-20-16(6-5-13-21(18,20)3)8-9-17-14-19(22)11-7-15(17)2/h8-9,18-20,22H,2,4-7,10-14H2,1,3H3/b16-8+,17-9-/t18-,19-,20-,21+/m0/s1. The van der Waals surface area contributed by atoms with Crippen molar-refractivity contribution in [3.05, 3.63) is 35.5 Å². The highest BCUT2D eigenvalue weighted by atomic mass is 16.3. The Labute approximate surface area is 136 Å². The molecule has 0 aromatic carbocycles. The van der Waals surface area contributed by atoms with E-state index in [0.717, 1.165) is 31.1 Å². The summed E-state index contributed by atoms with van der Waals surface area (Å²) in [6, 6.07) is 0. The molecule has 3 rings (SSSR count). The number of fused-ring (bicyclic) bond motifs is 1. The largest absolute Gasteiger partial charge is 0.393 e. The van der Waals surface area contributed by atoms with Gasteiger partial charge in [-0.05, 0) is 74.2 Å². The maximum absolute atomic E-state index is 9.89. The first-order chi connectivity index (χ1) is 10.5. The molecule has 3 fully saturated rings. The van der Waals surface area contributed by atoms with E-state index in [1.165, 1.54) is 49.7 Å². The molecule has 122 valence electrons. The van der Waals surface area contributed by atoms with Gasteiger partial charge in [0.1, 0.15) is 0 Å². The van der Waals surface area contributed by atoms with Crippen LogP contribution in [0, 0.1) is 17.3 Å². The predicted octanol–water partition coefficient (Wildman–Crippen LogP) is 5.57. The Hall–Kier alpha value is -0.820. The van der Waals surface area contributed by atoms with Gasteiger partial charge in [-0.2, -0.15) is 0 Å². The highest BCUT2D eigenvalue weighted by Gasteiger charge is 2.48. The van der Waals surface area contributed by atoms with E-state index >= 15 is 0 Å². The third-order valence-electron chi connectivity index (χ3n) is 6.84. The molecule has 0 heterocycles. The summed E-state index contributed by atoms with van der Waals surface area (Å²) >= 11 is 0. The lowest BCUT2D eigenvalue weighted by Gasteiger charge is -2.42. The molecule has 3 aliphatic carbocycles. The third-order valence-corrected chi connectivity index (χ3v) is 6.84. The molecule has 4 atom stereocenters. The van der Waals surface area contributed by atoms with E-state index < -0.39 is 0 Å². The molecular weight excluding hydrogens is 268 g/mol. The van der Waals surface area contributed by atoms with Crippen LogP contribution in [0.3, 0.4) is 0 Å². The zero-order chi connectivity index (χ0) is 15.7. The van der Waals surface area contributed by atoms with Gasteiger partial charge in [-0.15, -0.1) is 0 Å². The Morgan fingerprint density at radius 2 is 2.05 bits per heavy atom. The van der Waals surface area contributed by atoms with Gasteiger partial charge in [0.15, 0.2) is 0 Å². The molecule has 0 amide bonds. The Morgan fingerprint density at radius 1 is 1.23 bits per heavy atom. The highest BCUT2D eigenvalue weighted by molar-refractivity contribution is 5.36. The van der Waals surface area contributed by atoms with Crippen molar-refractivity contribution in [1.29, 1.82) is 0 Å². The molecule has 0 aromatic heterocycles. The van der Waals surface area contributed by atoms with E-state index in [4.69, 9.17) is 0 Å². The van der Waals surface area contributed by atoms with Crippen LogP contribution in [0.5, 0.6) is 0 Å². The molecule has 0 saturated heterocycles. The van der Waals surface area contributed by atoms with Crippen LogP contribution in [0.4, 0.5) is 0 Å². The summed E-state index contributed by atoms with van der Waals surface area (Å²) in [6.07, 6.45) is 15.3. The van der Waals surface area contributed by atoms with Crippen molar-refractivity contribution in [2.24, 2.45) is 17.3 Å². The summed E-state index contributed by atoms with van der Waals surface area (Å²) in [5, 5.41) is 9.89. The van der Waals surface area contributed by atoms with Crippen LogP contribution in [0.2, 0.25) is 0 Å². The van der Waals surface area contributed by atoms with Crippen molar-refractivity contribution in [1.82, 2.24) is 0 Å². The second kappa shape index (κ2) is 6.35. The summed E-state index contributed by atoms with van der Waals surface area (Å²) in [6.45, 7) is 9.10. The van der Waals surface area contributed by atoms with Gasteiger partial charge < -0.3 is 5.11 Å². The first-order valence-electron chi connectivity index (χ1n) is 9.30. The van der Waals surface area contributed by atoms with Crippen molar-refractivity contribution >= 4 is 0 Å². The smallest absolute Gasteiger partial charge is 0.0583 e. The Bertz CT molecular complexity index is 498. The molecule has 3 aliphatic rings. The number of rotatable bonds is 2. The SMILES string of the molecule is C=C1CC[C@H](O)C/C1=C/C=C1\CCC[C@]2(C)[C@@H](CC)CC[C@@H]12. The van der Waals surface area contributed by atoms with Crippen molar-refractivity contribution in [3.63, 3.8) is 0 Å². The molecule has 1 N–H and O–H groups in total. The minimum absolute atomic E-state index is 0.164. The average Bonchev–Trinajstić information content (AvgIpc) is 2.85. The molecule has 0 spiro atoms. The van der Waals surface area contributed by atoms with Gasteiger partial charge in [0, 0.05) is 0 Å². The van der Waals surface area contributed by atoms with Crippen LogP contribution in [-0.2, 0) is 0 Å². The molecular formula is C21H32O. The number of hydrogen-bond acceptors (Lipinski definition) is 1. The predicted molar refractivity (Wildman–Crippen MR) is 93.6 cm³/mol. The number of aliphatic hydroxyl groups is 1. The molecule has 1 heteroatoms. The van der Waals surface area contributed by atoms with Crippen molar-refractivity contribution in [2.45, 2.75) is 77.7 Å². The van der Waals surface area contributed by atoms with Gasteiger partial charge in [-0.3, -0.25) is 0 Å². The van der Waals surface area contributed by atoms with Gasteiger partial charge in [-0.1, -0.05) is 50.1 Å². The van der Waals surface area contributed by atoms with Crippen molar-refractivity contribution in [3.8, 4) is 0 Å². The van der Waals surface area contributed by atoms with Crippen molar-refractivity contribution < 1.29 is 5.11 Å². The monoisotopic (exact) mass is 300 g/mol. The van der Waals surface area contributed by atoms with Crippen LogP contribution < -0.4 is 0 Å². The highest BCUT2D eigenvalue weighted by Crippen LogP contribution is 2.58. The first kappa shape index (κ1) is 16.1. The van der Waals surface area contributed by atoms with Crippen molar-refractivity contribution in [2.75, 3.05) is 0 Å². The number of allylic oxidation sites excluding steroid dienone is 4. The van der Waals surface area contributed by atoms with E-state index in [9.17, 15) is 5.11 Å². The second-order valence-electron chi connectivity index (χ2n) is 8.03. The lowest BCUT2D eigenvalue weighted by molar-refractivity contribution is 0.133. The molecule has 0 aliphatic heterocycles. The van der Waals surface area contributed by atoms with Gasteiger partial charge >= 0.3 is 0 Å². The summed E-state index contributed by atoms with van der Waals surface area (Å²) in [7, 11) is 0. The van der Waals surface area contributed by atoms with E-state index in [2.05, 4.69) is 32.6 Å². The van der Waals surface area contributed by atoms with Gasteiger partial charge in [0.25, 0.3) is 0 Å². The maximum Gasteiger partial charge on any atom is 0.0583 e. The summed E-state index contributed by atoms with van der Waals surface area (Å²) in [5.74, 6) is 1.71. The number of aliphatic hydroxyl groups excluding tert-OH is 1. The minimum atomic E-state index is -0.164. The maximum atomic E-state index is 9.89. The molecule has 0 aromatic rings. The molecule has 0 unspecified atom stereocenters. The molecule has 0 radical (unpaired) electrons. The van der Waals surface area contributed by atoms with E-state index in [1.807, 2.05) is 0 Å². The lowest BCUT2D eigenvalue weighted by Crippen LogP contribution is -2.32. The van der Waals surface area contributed by atoms with Gasteiger partial charge in [0.2, 0.25) is 0 Å². The van der Waals surface area contributed by atoms with Crippen LogP contribution in [0.1, 0.15) is 71.6 Å². The van der Waals surface area contributed by atoms with Gasteiger partial charge in [0.05, 0.1) is 6.10 Å².